The van der Waals surface area contributed by atoms with E-state index in [0.717, 1.165) is 27.6 Å². The maximum Gasteiger partial charge on any atom is 0.0214 e. The first-order chi connectivity index (χ1) is 7.02. The van der Waals surface area contributed by atoms with Crippen molar-refractivity contribution in [2.24, 2.45) is 23.7 Å². The number of hydrogen-bond acceptors (Lipinski definition) is 1. The molecule has 1 aliphatic rings. The van der Waals surface area contributed by atoms with Crippen LogP contribution in [0.15, 0.2) is 0 Å². The summed E-state index contributed by atoms with van der Waals surface area (Å²) in [5.74, 6) is 3.47. The first kappa shape index (κ1) is 14.5. The highest BCUT2D eigenvalue weighted by molar-refractivity contribution is 14.1. The van der Waals surface area contributed by atoms with Gasteiger partial charge in [-0.05, 0) is 30.1 Å². The van der Waals surface area contributed by atoms with Crippen molar-refractivity contribution in [1.82, 2.24) is 3.53 Å². The Morgan fingerprint density at radius 3 is 2.27 bits per heavy atom. The monoisotopic (exact) mass is 435 g/mol. The molecule has 0 aromatic rings. The maximum absolute atomic E-state index is 3.48. The summed E-state index contributed by atoms with van der Waals surface area (Å²) in [6, 6.07) is 0.675. The predicted molar refractivity (Wildman–Crippen MR) is 84.6 cm³/mol. The van der Waals surface area contributed by atoms with Gasteiger partial charge in [-0.1, -0.05) is 56.7 Å². The third-order valence-electron chi connectivity index (χ3n) is 4.07. The number of halogens is 2. The van der Waals surface area contributed by atoms with Crippen LogP contribution in [-0.4, -0.2) is 9.97 Å². The van der Waals surface area contributed by atoms with E-state index >= 15 is 0 Å². The van der Waals surface area contributed by atoms with Gasteiger partial charge in [0.1, 0.15) is 0 Å². The Hall–Kier alpha value is 1.42. The molecule has 3 heteroatoms. The van der Waals surface area contributed by atoms with Crippen LogP contribution in [0, 0.1) is 23.7 Å². The minimum atomic E-state index is 0.675. The van der Waals surface area contributed by atoms with Crippen molar-refractivity contribution in [3.63, 3.8) is 0 Å². The lowest BCUT2D eigenvalue weighted by molar-refractivity contribution is 0.0964. The second-order valence-electron chi connectivity index (χ2n) is 5.23. The number of hydrogen-bond donors (Lipinski definition) is 1. The van der Waals surface area contributed by atoms with Crippen LogP contribution in [0.1, 0.15) is 40.5 Å². The fourth-order valence-corrected chi connectivity index (χ4v) is 5.86. The highest BCUT2D eigenvalue weighted by atomic mass is 127. The minimum Gasteiger partial charge on any atom is -0.257 e. The first-order valence-electron chi connectivity index (χ1n) is 6.03. The zero-order chi connectivity index (χ0) is 11.6. The van der Waals surface area contributed by atoms with Crippen LogP contribution >= 0.6 is 45.5 Å². The standard InChI is InChI=1S/C12H23I2N/c1-5-9-10(6-11(9)13)8(4)12(15-14)7(2)3/h7-12,15H,5-6H2,1-4H3/t8?,9?,10?,11-,12?/m0/s1. The van der Waals surface area contributed by atoms with E-state index in [2.05, 4.69) is 76.7 Å². The highest BCUT2D eigenvalue weighted by Gasteiger charge is 2.43. The minimum absolute atomic E-state index is 0.675. The van der Waals surface area contributed by atoms with Crippen molar-refractivity contribution in [2.75, 3.05) is 0 Å². The Bertz CT molecular complexity index is 196. The van der Waals surface area contributed by atoms with Gasteiger partial charge in [0.05, 0.1) is 0 Å². The lowest BCUT2D eigenvalue weighted by Crippen LogP contribution is -2.48. The smallest absolute Gasteiger partial charge is 0.0214 e. The average molecular weight is 435 g/mol. The molecular formula is C12H23I2N. The summed E-state index contributed by atoms with van der Waals surface area (Å²) in [4.78, 5) is 0. The molecule has 1 saturated carbocycles. The summed E-state index contributed by atoms with van der Waals surface area (Å²) in [7, 11) is 0. The number of nitrogens with one attached hydrogen (secondary N) is 1. The molecule has 5 atom stereocenters. The van der Waals surface area contributed by atoms with Gasteiger partial charge in [-0.15, -0.1) is 0 Å². The molecule has 0 aromatic heterocycles. The summed E-state index contributed by atoms with van der Waals surface area (Å²) in [6.07, 6.45) is 2.79. The van der Waals surface area contributed by atoms with Crippen molar-refractivity contribution >= 4 is 45.5 Å². The van der Waals surface area contributed by atoms with Crippen molar-refractivity contribution in [3.8, 4) is 0 Å². The fraction of sp³-hybridized carbons (Fsp3) is 1.00. The summed E-state index contributed by atoms with van der Waals surface area (Å²) in [5.41, 5.74) is 0. The van der Waals surface area contributed by atoms with Crippen LogP contribution in [0.4, 0.5) is 0 Å². The highest BCUT2D eigenvalue weighted by Crippen LogP contribution is 2.47. The zero-order valence-corrected chi connectivity index (χ0v) is 14.4. The largest absolute Gasteiger partial charge is 0.257 e. The Balaban J connectivity index is 2.56. The van der Waals surface area contributed by atoms with E-state index in [1.165, 1.54) is 12.8 Å². The zero-order valence-electron chi connectivity index (χ0n) is 10.1. The predicted octanol–water partition coefficient (Wildman–Crippen LogP) is 4.44. The maximum atomic E-state index is 3.48. The second kappa shape index (κ2) is 6.38. The Kier molecular flexibility index (Phi) is 6.16. The third kappa shape index (κ3) is 3.21. The lowest BCUT2D eigenvalue weighted by Gasteiger charge is -2.47. The van der Waals surface area contributed by atoms with Crippen LogP contribution in [0.25, 0.3) is 0 Å². The first-order valence-corrected chi connectivity index (χ1v) is 8.35. The molecule has 0 heterocycles. The van der Waals surface area contributed by atoms with Gasteiger partial charge in [0.25, 0.3) is 0 Å². The third-order valence-corrected chi connectivity index (χ3v) is 6.22. The van der Waals surface area contributed by atoms with Crippen LogP contribution in [-0.2, 0) is 0 Å². The Labute approximate surface area is 122 Å². The van der Waals surface area contributed by atoms with E-state index in [9.17, 15) is 0 Å². The molecule has 1 N–H and O–H groups in total. The number of rotatable bonds is 5. The molecule has 0 bridgehead atoms. The summed E-state index contributed by atoms with van der Waals surface area (Å²) in [6.45, 7) is 9.44. The SMILES string of the molecule is CCC1C(C(C)C(NI)C(C)C)C[C@@H]1I. The van der Waals surface area contributed by atoms with E-state index in [4.69, 9.17) is 0 Å². The molecule has 0 aliphatic heterocycles. The normalized spacial score (nSPS) is 35.0. The second-order valence-corrected chi connectivity index (χ2v) is 7.45. The van der Waals surface area contributed by atoms with Crippen molar-refractivity contribution in [2.45, 2.75) is 50.5 Å². The molecule has 15 heavy (non-hydrogen) atoms. The molecule has 0 spiro atoms. The van der Waals surface area contributed by atoms with Crippen LogP contribution in [0.3, 0.4) is 0 Å². The molecule has 0 radical (unpaired) electrons. The summed E-state index contributed by atoms with van der Waals surface area (Å²) < 4.78 is 4.41. The molecule has 1 rings (SSSR count). The molecule has 1 fully saturated rings. The van der Waals surface area contributed by atoms with Gasteiger partial charge in [-0.2, -0.15) is 0 Å². The number of alkyl halides is 1. The molecule has 4 unspecified atom stereocenters. The molecule has 1 aliphatic carbocycles. The lowest BCUT2D eigenvalue weighted by atomic mass is 9.63. The van der Waals surface area contributed by atoms with Crippen molar-refractivity contribution in [1.29, 1.82) is 0 Å². The van der Waals surface area contributed by atoms with Gasteiger partial charge in [0.15, 0.2) is 0 Å². The molecule has 0 aromatic carbocycles. The summed E-state index contributed by atoms with van der Waals surface area (Å²) >= 11 is 4.96. The van der Waals surface area contributed by atoms with E-state index in [-0.39, 0.29) is 0 Å². The van der Waals surface area contributed by atoms with Gasteiger partial charge < -0.3 is 0 Å². The van der Waals surface area contributed by atoms with Gasteiger partial charge in [0.2, 0.25) is 0 Å². The van der Waals surface area contributed by atoms with E-state index in [1.807, 2.05) is 0 Å². The Morgan fingerprint density at radius 2 is 1.93 bits per heavy atom. The van der Waals surface area contributed by atoms with Gasteiger partial charge in [-0.3, -0.25) is 3.53 Å². The van der Waals surface area contributed by atoms with Gasteiger partial charge >= 0.3 is 0 Å². The van der Waals surface area contributed by atoms with Crippen LogP contribution < -0.4 is 3.53 Å². The van der Waals surface area contributed by atoms with E-state index in [0.29, 0.717) is 6.04 Å². The molecular weight excluding hydrogens is 412 g/mol. The Morgan fingerprint density at radius 1 is 1.33 bits per heavy atom. The fourth-order valence-electron chi connectivity index (χ4n) is 2.94. The van der Waals surface area contributed by atoms with Crippen molar-refractivity contribution in [3.05, 3.63) is 0 Å². The molecule has 90 valence electrons. The molecule has 0 amide bonds. The molecule has 0 saturated heterocycles. The van der Waals surface area contributed by atoms with E-state index < -0.39 is 0 Å². The van der Waals surface area contributed by atoms with Crippen LogP contribution in [0.2, 0.25) is 0 Å². The quantitative estimate of drug-likeness (QED) is 0.383. The summed E-state index contributed by atoms with van der Waals surface area (Å²) in [5, 5.41) is 0. The topological polar surface area (TPSA) is 12.0 Å². The molecule has 1 nitrogen and oxygen atoms in total. The van der Waals surface area contributed by atoms with Crippen molar-refractivity contribution < 1.29 is 0 Å². The van der Waals surface area contributed by atoms with Gasteiger partial charge in [-0.25, -0.2) is 0 Å². The van der Waals surface area contributed by atoms with Gasteiger partial charge in [0, 0.05) is 32.8 Å². The average Bonchev–Trinajstić information content (AvgIpc) is 2.14. The van der Waals surface area contributed by atoms with E-state index in [1.54, 1.807) is 0 Å². The van der Waals surface area contributed by atoms with Crippen LogP contribution in [0.5, 0.6) is 0 Å².